The summed E-state index contributed by atoms with van der Waals surface area (Å²) < 4.78 is 0. The predicted octanol–water partition coefficient (Wildman–Crippen LogP) is 5.18. The first kappa shape index (κ1) is 14.0. The van der Waals surface area contributed by atoms with Crippen LogP contribution in [0.1, 0.15) is 62.2 Å². The van der Waals surface area contributed by atoms with Crippen LogP contribution in [0.2, 0.25) is 0 Å². The summed E-state index contributed by atoms with van der Waals surface area (Å²) in [5.41, 5.74) is 2.47. The van der Waals surface area contributed by atoms with Crippen LogP contribution in [-0.2, 0) is 0 Å². The first-order chi connectivity index (χ1) is 9.29. The summed E-state index contributed by atoms with van der Waals surface area (Å²) >= 11 is 0. The molecule has 0 radical (unpaired) electrons. The number of rotatable bonds is 5. The molecule has 0 heterocycles. The second kappa shape index (κ2) is 7.28. The predicted molar refractivity (Wildman–Crippen MR) is 80.3 cm³/mol. The van der Waals surface area contributed by atoms with E-state index in [1.807, 2.05) is 30.3 Å². The largest absolute Gasteiger partial charge is 0.294 e. The zero-order valence-electron chi connectivity index (χ0n) is 11.9. The van der Waals surface area contributed by atoms with Crippen molar-refractivity contribution in [1.29, 1.82) is 0 Å². The molecule has 0 fully saturated rings. The van der Waals surface area contributed by atoms with E-state index in [0.717, 1.165) is 17.9 Å². The van der Waals surface area contributed by atoms with Crippen molar-refractivity contribution in [1.82, 2.24) is 0 Å². The second-order valence-electron chi connectivity index (χ2n) is 5.53. The average Bonchev–Trinajstić information content (AvgIpc) is 2.70. The van der Waals surface area contributed by atoms with E-state index in [1.165, 1.54) is 32.1 Å². The van der Waals surface area contributed by atoms with Gasteiger partial charge in [0.15, 0.2) is 5.78 Å². The topological polar surface area (TPSA) is 17.1 Å². The highest BCUT2D eigenvalue weighted by atomic mass is 16.1. The quantitative estimate of drug-likeness (QED) is 0.524. The van der Waals surface area contributed by atoms with Gasteiger partial charge in [0.2, 0.25) is 0 Å². The van der Waals surface area contributed by atoms with Gasteiger partial charge in [-0.3, -0.25) is 4.79 Å². The lowest BCUT2D eigenvalue weighted by Crippen LogP contribution is -2.05. The zero-order chi connectivity index (χ0) is 13.5. The molecule has 0 bridgehead atoms. The minimum atomic E-state index is 0.300. The van der Waals surface area contributed by atoms with Crippen LogP contribution in [-0.4, -0.2) is 5.78 Å². The van der Waals surface area contributed by atoms with E-state index in [2.05, 4.69) is 13.0 Å². The average molecular weight is 256 g/mol. The molecule has 0 spiro atoms. The fourth-order valence-electron chi connectivity index (χ4n) is 2.87. The summed E-state index contributed by atoms with van der Waals surface area (Å²) in [6.45, 7) is 2.24. The molecule has 1 aromatic rings. The molecule has 0 aliphatic heterocycles. The molecule has 1 atom stereocenters. The van der Waals surface area contributed by atoms with Crippen LogP contribution in [0.5, 0.6) is 0 Å². The Hall–Kier alpha value is -1.37. The van der Waals surface area contributed by atoms with Gasteiger partial charge in [-0.15, -0.1) is 0 Å². The monoisotopic (exact) mass is 256 g/mol. The molecular formula is C18H24O. The maximum absolute atomic E-state index is 12.1. The van der Waals surface area contributed by atoms with Crippen molar-refractivity contribution in [3.8, 4) is 0 Å². The van der Waals surface area contributed by atoms with Gasteiger partial charge in [0, 0.05) is 12.0 Å². The van der Waals surface area contributed by atoms with Crippen LogP contribution >= 0.6 is 0 Å². The summed E-state index contributed by atoms with van der Waals surface area (Å²) in [6, 6.07) is 9.69. The van der Waals surface area contributed by atoms with Crippen molar-refractivity contribution < 1.29 is 4.79 Å². The number of benzene rings is 1. The minimum Gasteiger partial charge on any atom is -0.294 e. The first-order valence-corrected chi connectivity index (χ1v) is 7.55. The lowest BCUT2D eigenvalue weighted by molar-refractivity contribution is 0.0972. The standard InChI is InChI=1S/C18H24O/c1-2-15-7-6-8-16(12-11-15)13-14-18(19)17-9-4-3-5-10-17/h3-5,7,9-10,16H,2,6,8,11-14H2,1H3. The smallest absolute Gasteiger partial charge is 0.162 e. The van der Waals surface area contributed by atoms with Crippen molar-refractivity contribution in [2.75, 3.05) is 0 Å². The van der Waals surface area contributed by atoms with Gasteiger partial charge in [0.25, 0.3) is 0 Å². The fraction of sp³-hybridized carbons (Fsp3) is 0.500. The van der Waals surface area contributed by atoms with Gasteiger partial charge >= 0.3 is 0 Å². The fourth-order valence-corrected chi connectivity index (χ4v) is 2.87. The second-order valence-corrected chi connectivity index (χ2v) is 5.53. The normalized spacial score (nSPS) is 19.6. The third-order valence-electron chi connectivity index (χ3n) is 4.21. The van der Waals surface area contributed by atoms with Gasteiger partial charge in [-0.1, -0.05) is 48.9 Å². The molecule has 2 rings (SSSR count). The molecule has 0 saturated heterocycles. The van der Waals surface area contributed by atoms with Crippen LogP contribution in [0.25, 0.3) is 0 Å². The maximum atomic E-state index is 12.1. The Morgan fingerprint density at radius 1 is 1.21 bits per heavy atom. The number of hydrogen-bond acceptors (Lipinski definition) is 1. The number of carbonyl (C=O) groups excluding carboxylic acids is 1. The van der Waals surface area contributed by atoms with E-state index in [-0.39, 0.29) is 0 Å². The van der Waals surface area contributed by atoms with Crippen LogP contribution in [0.4, 0.5) is 0 Å². The molecule has 0 N–H and O–H groups in total. The summed E-state index contributed by atoms with van der Waals surface area (Å²) in [7, 11) is 0. The number of allylic oxidation sites excluding steroid dienone is 2. The molecular weight excluding hydrogens is 232 g/mol. The Morgan fingerprint density at radius 2 is 2.00 bits per heavy atom. The van der Waals surface area contributed by atoms with Crippen LogP contribution in [0.3, 0.4) is 0 Å². The Labute approximate surface area is 116 Å². The molecule has 1 aromatic carbocycles. The van der Waals surface area contributed by atoms with Gasteiger partial charge in [-0.25, -0.2) is 0 Å². The third-order valence-corrected chi connectivity index (χ3v) is 4.21. The summed E-state index contributed by atoms with van der Waals surface area (Å²) in [5.74, 6) is 1.03. The number of hydrogen-bond donors (Lipinski definition) is 0. The number of Topliss-reactive ketones (excluding diaryl/α,β-unsaturated/α-hetero) is 1. The molecule has 1 heteroatoms. The molecule has 1 aliphatic carbocycles. The van der Waals surface area contributed by atoms with Crippen molar-refractivity contribution in [2.45, 2.75) is 51.9 Å². The van der Waals surface area contributed by atoms with Crippen LogP contribution in [0.15, 0.2) is 42.0 Å². The Morgan fingerprint density at radius 3 is 2.74 bits per heavy atom. The number of ketones is 1. The highest BCUT2D eigenvalue weighted by Gasteiger charge is 2.14. The molecule has 0 saturated carbocycles. The molecule has 1 unspecified atom stereocenters. The SMILES string of the molecule is CCC1=CCCC(CCC(=O)c2ccccc2)CC1. The highest BCUT2D eigenvalue weighted by molar-refractivity contribution is 5.95. The van der Waals surface area contributed by atoms with E-state index in [9.17, 15) is 4.79 Å². The molecule has 0 aromatic heterocycles. The van der Waals surface area contributed by atoms with Crippen LogP contribution < -0.4 is 0 Å². The van der Waals surface area contributed by atoms with E-state index in [1.54, 1.807) is 5.57 Å². The molecule has 1 nitrogen and oxygen atoms in total. The van der Waals surface area contributed by atoms with E-state index >= 15 is 0 Å². The van der Waals surface area contributed by atoms with Gasteiger partial charge in [-0.05, 0) is 44.4 Å². The van der Waals surface area contributed by atoms with Gasteiger partial charge < -0.3 is 0 Å². The first-order valence-electron chi connectivity index (χ1n) is 7.55. The third kappa shape index (κ3) is 4.34. The Bertz CT molecular complexity index is 430. The Balaban J connectivity index is 1.79. The molecule has 1 aliphatic rings. The summed E-state index contributed by atoms with van der Waals surface area (Å²) in [6.07, 6.45) is 10.3. The van der Waals surface area contributed by atoms with Crippen molar-refractivity contribution >= 4 is 5.78 Å². The van der Waals surface area contributed by atoms with Crippen molar-refractivity contribution in [3.63, 3.8) is 0 Å². The minimum absolute atomic E-state index is 0.300. The molecule has 102 valence electrons. The van der Waals surface area contributed by atoms with E-state index in [4.69, 9.17) is 0 Å². The van der Waals surface area contributed by atoms with E-state index in [0.29, 0.717) is 12.2 Å². The molecule has 19 heavy (non-hydrogen) atoms. The Kier molecular flexibility index (Phi) is 5.38. The van der Waals surface area contributed by atoms with E-state index < -0.39 is 0 Å². The lowest BCUT2D eigenvalue weighted by atomic mass is 9.92. The van der Waals surface area contributed by atoms with Gasteiger partial charge in [0.05, 0.1) is 0 Å². The van der Waals surface area contributed by atoms with Gasteiger partial charge in [0.1, 0.15) is 0 Å². The lowest BCUT2D eigenvalue weighted by Gasteiger charge is -2.13. The summed E-state index contributed by atoms with van der Waals surface area (Å²) in [5, 5.41) is 0. The van der Waals surface area contributed by atoms with Gasteiger partial charge in [-0.2, -0.15) is 0 Å². The van der Waals surface area contributed by atoms with Crippen molar-refractivity contribution in [3.05, 3.63) is 47.5 Å². The highest BCUT2D eigenvalue weighted by Crippen LogP contribution is 2.28. The molecule has 0 amide bonds. The van der Waals surface area contributed by atoms with Crippen LogP contribution in [0, 0.1) is 5.92 Å². The maximum Gasteiger partial charge on any atom is 0.162 e. The van der Waals surface area contributed by atoms with Crippen molar-refractivity contribution in [2.24, 2.45) is 5.92 Å². The number of carbonyl (C=O) groups is 1. The zero-order valence-corrected chi connectivity index (χ0v) is 11.9. The summed E-state index contributed by atoms with van der Waals surface area (Å²) in [4.78, 5) is 12.1.